The van der Waals surface area contributed by atoms with Crippen LogP contribution in [-0.2, 0) is 4.74 Å². The molecule has 0 aliphatic carbocycles. The number of rotatable bonds is 1. The van der Waals surface area contributed by atoms with Gasteiger partial charge in [0.15, 0.2) is 0 Å². The number of halogens is 1. The van der Waals surface area contributed by atoms with Gasteiger partial charge in [-0.25, -0.2) is 4.79 Å². The Kier molecular flexibility index (Phi) is 4.53. The van der Waals surface area contributed by atoms with E-state index in [-0.39, 0.29) is 18.4 Å². The van der Waals surface area contributed by atoms with Crippen LogP contribution < -0.4 is 0 Å². The Morgan fingerprint density at radius 1 is 1.00 bits per heavy atom. The lowest BCUT2D eigenvalue weighted by Crippen LogP contribution is -2.01. The first-order chi connectivity index (χ1) is 9.28. The summed E-state index contributed by atoms with van der Waals surface area (Å²) in [5.41, 5.74) is 2.82. The van der Waals surface area contributed by atoms with Crippen LogP contribution in [0.25, 0.3) is 12.2 Å². The van der Waals surface area contributed by atoms with Gasteiger partial charge in [0.2, 0.25) is 0 Å². The predicted octanol–water partition coefficient (Wildman–Crippen LogP) is 4.53. The Labute approximate surface area is 128 Å². The third-order valence-corrected chi connectivity index (χ3v) is 4.20. The summed E-state index contributed by atoms with van der Waals surface area (Å²) in [4.78, 5) is 13.9. The molecule has 1 aliphatic rings. The molecule has 2 aromatic rings. The summed E-state index contributed by atoms with van der Waals surface area (Å²) < 4.78 is 4.75. The highest BCUT2D eigenvalue weighted by Crippen LogP contribution is 2.37. The summed E-state index contributed by atoms with van der Waals surface area (Å²) in [6.45, 7) is 0. The Bertz CT molecular complexity index is 680. The number of carbonyl (C=O) groups is 1. The van der Waals surface area contributed by atoms with Gasteiger partial charge in [-0.15, -0.1) is 12.4 Å². The van der Waals surface area contributed by atoms with Crippen molar-refractivity contribution in [2.45, 2.75) is 9.79 Å². The number of hydrogen-bond acceptors (Lipinski definition) is 3. The fraction of sp³-hybridized carbons (Fsp3) is 0.0625. The molecular weight excluding hydrogens is 292 g/mol. The van der Waals surface area contributed by atoms with Crippen LogP contribution in [0.5, 0.6) is 0 Å². The van der Waals surface area contributed by atoms with Crippen molar-refractivity contribution in [1.29, 1.82) is 0 Å². The Morgan fingerprint density at radius 2 is 1.70 bits per heavy atom. The van der Waals surface area contributed by atoms with Gasteiger partial charge < -0.3 is 4.74 Å². The molecule has 0 spiro atoms. The van der Waals surface area contributed by atoms with Crippen LogP contribution in [0, 0.1) is 0 Å². The number of methoxy groups -OCH3 is 1. The van der Waals surface area contributed by atoms with Crippen molar-refractivity contribution in [1.82, 2.24) is 0 Å². The molecule has 0 aromatic heterocycles. The molecule has 0 unspecified atom stereocenters. The Balaban J connectivity index is 0.00000147. The molecule has 3 rings (SSSR count). The van der Waals surface area contributed by atoms with E-state index >= 15 is 0 Å². The minimum absolute atomic E-state index is 0. The number of fused-ring (bicyclic) bond motifs is 2. The van der Waals surface area contributed by atoms with Crippen LogP contribution >= 0.6 is 24.2 Å². The van der Waals surface area contributed by atoms with E-state index < -0.39 is 0 Å². The van der Waals surface area contributed by atoms with Crippen LogP contribution in [0.2, 0.25) is 0 Å². The number of benzene rings is 2. The summed E-state index contributed by atoms with van der Waals surface area (Å²) in [7, 11) is 1.40. The first-order valence-corrected chi connectivity index (χ1v) is 6.77. The lowest BCUT2D eigenvalue weighted by atomic mass is 10.1. The molecule has 2 aromatic carbocycles. The minimum atomic E-state index is -0.303. The van der Waals surface area contributed by atoms with Gasteiger partial charge in [0.25, 0.3) is 0 Å². The van der Waals surface area contributed by atoms with Gasteiger partial charge in [-0.05, 0) is 35.4 Å². The topological polar surface area (TPSA) is 26.3 Å². The average Bonchev–Trinajstić information content (AvgIpc) is 2.64. The normalized spacial score (nSPS) is 11.7. The van der Waals surface area contributed by atoms with E-state index in [1.807, 2.05) is 30.3 Å². The van der Waals surface area contributed by atoms with Crippen molar-refractivity contribution in [3.05, 3.63) is 59.2 Å². The Hall–Kier alpha value is -1.71. The van der Waals surface area contributed by atoms with Crippen LogP contribution in [0.3, 0.4) is 0 Å². The maximum absolute atomic E-state index is 11.6. The van der Waals surface area contributed by atoms with Crippen molar-refractivity contribution >= 4 is 42.3 Å². The summed E-state index contributed by atoms with van der Waals surface area (Å²) in [6, 6.07) is 13.9. The zero-order chi connectivity index (χ0) is 13.2. The van der Waals surface area contributed by atoms with E-state index in [1.165, 1.54) is 17.6 Å². The zero-order valence-corrected chi connectivity index (χ0v) is 12.5. The molecular formula is C16H13ClO2S. The summed E-state index contributed by atoms with van der Waals surface area (Å²) >= 11 is 1.72. The average molecular weight is 305 g/mol. The Morgan fingerprint density at radius 3 is 2.50 bits per heavy atom. The van der Waals surface area contributed by atoms with Crippen LogP contribution in [0.4, 0.5) is 0 Å². The van der Waals surface area contributed by atoms with Gasteiger partial charge in [0.05, 0.1) is 12.7 Å². The SMILES string of the molecule is COC(=O)c1ccc2c(c1)C=Cc1ccccc1S2.Cl. The number of carbonyl (C=O) groups excluding carboxylic acids is 1. The predicted molar refractivity (Wildman–Crippen MR) is 84.5 cm³/mol. The van der Waals surface area contributed by atoms with Crippen molar-refractivity contribution in [3.8, 4) is 0 Å². The monoisotopic (exact) mass is 304 g/mol. The number of hydrogen-bond donors (Lipinski definition) is 0. The minimum Gasteiger partial charge on any atom is -0.465 e. The van der Waals surface area contributed by atoms with E-state index in [1.54, 1.807) is 17.8 Å². The molecule has 1 heterocycles. The lowest BCUT2D eigenvalue weighted by molar-refractivity contribution is 0.0600. The summed E-state index contributed by atoms with van der Waals surface area (Å²) in [5.74, 6) is -0.303. The largest absolute Gasteiger partial charge is 0.465 e. The second-order valence-corrected chi connectivity index (χ2v) is 5.30. The molecule has 0 amide bonds. The smallest absolute Gasteiger partial charge is 0.337 e. The van der Waals surface area contributed by atoms with Crippen molar-refractivity contribution < 1.29 is 9.53 Å². The van der Waals surface area contributed by atoms with Crippen molar-refractivity contribution in [3.63, 3.8) is 0 Å². The zero-order valence-electron chi connectivity index (χ0n) is 10.8. The molecule has 1 aliphatic heterocycles. The molecule has 4 heteroatoms. The van der Waals surface area contributed by atoms with Gasteiger partial charge in [0, 0.05) is 9.79 Å². The van der Waals surface area contributed by atoms with Crippen LogP contribution in [-0.4, -0.2) is 13.1 Å². The van der Waals surface area contributed by atoms with Gasteiger partial charge >= 0.3 is 5.97 Å². The fourth-order valence-corrected chi connectivity index (χ4v) is 3.04. The maximum atomic E-state index is 11.6. The first kappa shape index (κ1) is 14.7. The van der Waals surface area contributed by atoms with Crippen molar-refractivity contribution in [2.75, 3.05) is 7.11 Å². The molecule has 0 fully saturated rings. The van der Waals surface area contributed by atoms with E-state index in [0.29, 0.717) is 5.56 Å². The molecule has 0 saturated carbocycles. The number of ether oxygens (including phenoxy) is 1. The van der Waals surface area contributed by atoms with Gasteiger partial charge in [-0.3, -0.25) is 0 Å². The van der Waals surface area contributed by atoms with E-state index in [2.05, 4.69) is 18.2 Å². The van der Waals surface area contributed by atoms with Gasteiger partial charge in [0.1, 0.15) is 0 Å². The molecule has 0 N–H and O–H groups in total. The molecule has 2 nitrogen and oxygen atoms in total. The molecule has 20 heavy (non-hydrogen) atoms. The fourth-order valence-electron chi connectivity index (χ4n) is 2.03. The van der Waals surface area contributed by atoms with E-state index in [0.717, 1.165) is 10.5 Å². The highest BCUT2D eigenvalue weighted by Gasteiger charge is 2.12. The summed E-state index contributed by atoms with van der Waals surface area (Å²) in [5, 5.41) is 0. The molecule has 102 valence electrons. The third kappa shape index (κ3) is 2.74. The molecule has 0 saturated heterocycles. The molecule has 0 atom stereocenters. The quantitative estimate of drug-likeness (QED) is 0.618. The second kappa shape index (κ2) is 6.16. The van der Waals surface area contributed by atoms with Gasteiger partial charge in [-0.1, -0.05) is 42.1 Å². The van der Waals surface area contributed by atoms with E-state index in [9.17, 15) is 4.79 Å². The van der Waals surface area contributed by atoms with Crippen molar-refractivity contribution in [2.24, 2.45) is 0 Å². The third-order valence-electron chi connectivity index (χ3n) is 3.01. The lowest BCUT2D eigenvalue weighted by Gasteiger charge is -2.06. The van der Waals surface area contributed by atoms with E-state index in [4.69, 9.17) is 4.74 Å². The number of esters is 1. The van der Waals surface area contributed by atoms with Crippen LogP contribution in [0.1, 0.15) is 21.5 Å². The summed E-state index contributed by atoms with van der Waals surface area (Å²) in [6.07, 6.45) is 4.12. The highest BCUT2D eigenvalue weighted by atomic mass is 35.5. The molecule has 0 radical (unpaired) electrons. The van der Waals surface area contributed by atoms with Gasteiger partial charge in [-0.2, -0.15) is 0 Å². The maximum Gasteiger partial charge on any atom is 0.337 e. The second-order valence-electron chi connectivity index (χ2n) is 4.22. The first-order valence-electron chi connectivity index (χ1n) is 5.95. The van der Waals surface area contributed by atoms with Crippen LogP contribution in [0.15, 0.2) is 52.3 Å². The standard InChI is InChI=1S/C16H12O2S.ClH/c1-18-16(17)13-8-9-15-12(10-13)7-6-11-4-2-3-5-14(11)19-15;/h2-10H,1H3;1H. The highest BCUT2D eigenvalue weighted by molar-refractivity contribution is 7.99. The molecule has 0 bridgehead atoms.